The number of methoxy groups -OCH3 is 1. The molecule has 1 aromatic heterocycles. The van der Waals surface area contributed by atoms with Gasteiger partial charge in [0, 0.05) is 24.5 Å². The first-order valence-electron chi connectivity index (χ1n) is 6.38. The SMILES string of the molecule is CCNc1cnccc1C(=O)Nc1cccc(OC)c1. The van der Waals surface area contributed by atoms with Crippen molar-refractivity contribution in [3.8, 4) is 5.75 Å². The minimum absolute atomic E-state index is 0.184. The first-order chi connectivity index (χ1) is 9.74. The highest BCUT2D eigenvalue weighted by atomic mass is 16.5. The number of ether oxygens (including phenoxy) is 1. The Hall–Kier alpha value is -2.56. The summed E-state index contributed by atoms with van der Waals surface area (Å²) in [5, 5.41) is 5.96. The Kier molecular flexibility index (Phi) is 4.55. The van der Waals surface area contributed by atoms with Crippen LogP contribution >= 0.6 is 0 Å². The van der Waals surface area contributed by atoms with Gasteiger partial charge in [-0.15, -0.1) is 0 Å². The molecule has 0 radical (unpaired) electrons. The average Bonchev–Trinajstić information content (AvgIpc) is 2.48. The summed E-state index contributed by atoms with van der Waals surface area (Å²) < 4.78 is 5.13. The lowest BCUT2D eigenvalue weighted by molar-refractivity contribution is 0.102. The number of nitrogens with zero attached hydrogens (tertiary/aromatic N) is 1. The maximum absolute atomic E-state index is 12.3. The normalized spacial score (nSPS) is 9.90. The molecule has 0 aliphatic rings. The standard InChI is InChI=1S/C15H17N3O2/c1-3-17-14-10-16-8-7-13(14)15(19)18-11-5-4-6-12(9-11)20-2/h4-10,17H,3H2,1-2H3,(H,18,19). The molecule has 0 atom stereocenters. The smallest absolute Gasteiger partial charge is 0.257 e. The van der Waals surface area contributed by atoms with Crippen LogP contribution in [0.25, 0.3) is 0 Å². The number of nitrogens with one attached hydrogen (secondary N) is 2. The van der Waals surface area contributed by atoms with E-state index >= 15 is 0 Å². The molecule has 0 unspecified atom stereocenters. The van der Waals surface area contributed by atoms with Crippen LogP contribution in [0.15, 0.2) is 42.7 Å². The van der Waals surface area contributed by atoms with Gasteiger partial charge in [-0.25, -0.2) is 0 Å². The van der Waals surface area contributed by atoms with E-state index in [0.717, 1.165) is 12.2 Å². The molecule has 2 aromatic rings. The molecule has 0 aliphatic heterocycles. The molecular weight excluding hydrogens is 254 g/mol. The van der Waals surface area contributed by atoms with Crippen molar-refractivity contribution in [2.24, 2.45) is 0 Å². The topological polar surface area (TPSA) is 63.2 Å². The van der Waals surface area contributed by atoms with Crippen molar-refractivity contribution in [2.45, 2.75) is 6.92 Å². The molecule has 0 fully saturated rings. The zero-order valence-corrected chi connectivity index (χ0v) is 11.5. The van der Waals surface area contributed by atoms with Gasteiger partial charge >= 0.3 is 0 Å². The molecule has 5 heteroatoms. The third-order valence-electron chi connectivity index (χ3n) is 2.76. The summed E-state index contributed by atoms with van der Waals surface area (Å²) in [5.74, 6) is 0.515. The molecule has 2 N–H and O–H groups in total. The zero-order valence-electron chi connectivity index (χ0n) is 11.5. The molecule has 0 saturated heterocycles. The van der Waals surface area contributed by atoms with Gasteiger partial charge in [-0.3, -0.25) is 9.78 Å². The molecule has 0 saturated carbocycles. The van der Waals surface area contributed by atoms with Crippen LogP contribution in [0.1, 0.15) is 17.3 Å². The van der Waals surface area contributed by atoms with Crippen molar-refractivity contribution >= 4 is 17.3 Å². The Bertz CT molecular complexity index is 599. The predicted octanol–water partition coefficient (Wildman–Crippen LogP) is 2.77. The highest BCUT2D eigenvalue weighted by Gasteiger charge is 2.11. The monoisotopic (exact) mass is 271 g/mol. The second-order valence-corrected chi connectivity index (χ2v) is 4.14. The number of pyridine rings is 1. The fourth-order valence-electron chi connectivity index (χ4n) is 1.82. The number of rotatable bonds is 5. The van der Waals surface area contributed by atoms with E-state index in [4.69, 9.17) is 4.74 Å². The molecule has 1 aromatic carbocycles. The van der Waals surface area contributed by atoms with Crippen LogP contribution < -0.4 is 15.4 Å². The van der Waals surface area contributed by atoms with E-state index in [1.54, 1.807) is 31.6 Å². The molecule has 104 valence electrons. The number of aromatic nitrogens is 1. The second kappa shape index (κ2) is 6.56. The molecule has 20 heavy (non-hydrogen) atoms. The van der Waals surface area contributed by atoms with Crippen LogP contribution in [0.5, 0.6) is 5.75 Å². The fraction of sp³-hybridized carbons (Fsp3) is 0.200. The Morgan fingerprint density at radius 1 is 1.35 bits per heavy atom. The van der Waals surface area contributed by atoms with Gasteiger partial charge < -0.3 is 15.4 Å². The number of benzene rings is 1. The quantitative estimate of drug-likeness (QED) is 0.877. The lowest BCUT2D eigenvalue weighted by Crippen LogP contribution is -2.15. The van der Waals surface area contributed by atoms with Crippen LogP contribution in [0, 0.1) is 0 Å². The van der Waals surface area contributed by atoms with E-state index in [1.165, 1.54) is 0 Å². The van der Waals surface area contributed by atoms with Gasteiger partial charge in [0.2, 0.25) is 0 Å². The maximum Gasteiger partial charge on any atom is 0.257 e. The largest absolute Gasteiger partial charge is 0.497 e. The van der Waals surface area contributed by atoms with Crippen LogP contribution in [-0.4, -0.2) is 24.5 Å². The number of amides is 1. The van der Waals surface area contributed by atoms with Crippen molar-refractivity contribution in [1.82, 2.24) is 4.98 Å². The molecule has 2 rings (SSSR count). The van der Waals surface area contributed by atoms with Gasteiger partial charge in [-0.1, -0.05) is 6.07 Å². The first kappa shape index (κ1) is 13.9. The summed E-state index contributed by atoms with van der Waals surface area (Å²) >= 11 is 0. The Labute approximate surface area is 118 Å². The zero-order chi connectivity index (χ0) is 14.4. The molecule has 0 aliphatic carbocycles. The number of hydrogen-bond donors (Lipinski definition) is 2. The number of carbonyl (C=O) groups excluding carboxylic acids is 1. The summed E-state index contributed by atoms with van der Waals surface area (Å²) in [6.07, 6.45) is 3.24. The Balaban J connectivity index is 2.19. The van der Waals surface area contributed by atoms with Crippen LogP contribution in [0.2, 0.25) is 0 Å². The molecule has 0 spiro atoms. The summed E-state index contributed by atoms with van der Waals surface area (Å²) in [6.45, 7) is 2.70. The van der Waals surface area contributed by atoms with Crippen LogP contribution in [0.3, 0.4) is 0 Å². The van der Waals surface area contributed by atoms with Gasteiger partial charge in [0.1, 0.15) is 5.75 Å². The van der Waals surface area contributed by atoms with Gasteiger partial charge in [0.15, 0.2) is 0 Å². The summed E-state index contributed by atoms with van der Waals surface area (Å²) in [7, 11) is 1.59. The van der Waals surface area contributed by atoms with Gasteiger partial charge in [0.25, 0.3) is 5.91 Å². The third kappa shape index (κ3) is 3.26. The predicted molar refractivity (Wildman–Crippen MR) is 79.3 cm³/mol. The lowest BCUT2D eigenvalue weighted by Gasteiger charge is -2.11. The Morgan fingerprint density at radius 3 is 2.95 bits per heavy atom. The van der Waals surface area contributed by atoms with Gasteiger partial charge in [0.05, 0.1) is 24.6 Å². The van der Waals surface area contributed by atoms with E-state index in [9.17, 15) is 4.79 Å². The van der Waals surface area contributed by atoms with Crippen molar-refractivity contribution < 1.29 is 9.53 Å². The van der Waals surface area contributed by atoms with Crippen molar-refractivity contribution in [3.05, 3.63) is 48.3 Å². The minimum atomic E-state index is -0.184. The maximum atomic E-state index is 12.3. The molecule has 1 heterocycles. The van der Waals surface area contributed by atoms with E-state index in [-0.39, 0.29) is 5.91 Å². The molecule has 1 amide bonds. The van der Waals surface area contributed by atoms with E-state index in [1.807, 2.05) is 25.1 Å². The minimum Gasteiger partial charge on any atom is -0.497 e. The van der Waals surface area contributed by atoms with Crippen molar-refractivity contribution in [3.63, 3.8) is 0 Å². The molecule has 5 nitrogen and oxygen atoms in total. The average molecular weight is 271 g/mol. The van der Waals surface area contributed by atoms with Crippen molar-refractivity contribution in [2.75, 3.05) is 24.3 Å². The lowest BCUT2D eigenvalue weighted by atomic mass is 10.2. The van der Waals surface area contributed by atoms with E-state index in [0.29, 0.717) is 17.0 Å². The van der Waals surface area contributed by atoms with Crippen molar-refractivity contribution in [1.29, 1.82) is 0 Å². The van der Waals surface area contributed by atoms with Gasteiger partial charge in [-0.05, 0) is 25.1 Å². The van der Waals surface area contributed by atoms with Gasteiger partial charge in [-0.2, -0.15) is 0 Å². The van der Waals surface area contributed by atoms with Crippen LogP contribution in [0.4, 0.5) is 11.4 Å². The number of anilines is 2. The highest BCUT2D eigenvalue weighted by Crippen LogP contribution is 2.19. The van der Waals surface area contributed by atoms with Crippen LogP contribution in [-0.2, 0) is 0 Å². The first-order valence-corrected chi connectivity index (χ1v) is 6.38. The third-order valence-corrected chi connectivity index (χ3v) is 2.76. The molecular formula is C15H17N3O2. The highest BCUT2D eigenvalue weighted by molar-refractivity contribution is 6.07. The summed E-state index contributed by atoms with van der Waals surface area (Å²) in [4.78, 5) is 16.3. The number of hydrogen-bond acceptors (Lipinski definition) is 4. The van der Waals surface area contributed by atoms with E-state index in [2.05, 4.69) is 15.6 Å². The molecule has 0 bridgehead atoms. The Morgan fingerprint density at radius 2 is 2.20 bits per heavy atom. The van der Waals surface area contributed by atoms with E-state index < -0.39 is 0 Å². The summed E-state index contributed by atoms with van der Waals surface area (Å²) in [6, 6.07) is 8.92. The number of carbonyl (C=O) groups is 1. The second-order valence-electron chi connectivity index (χ2n) is 4.14. The summed E-state index contributed by atoms with van der Waals surface area (Å²) in [5.41, 5.74) is 1.97. The fourth-order valence-corrected chi connectivity index (χ4v) is 1.82.